The van der Waals surface area contributed by atoms with Crippen molar-refractivity contribution in [2.75, 3.05) is 5.32 Å². The van der Waals surface area contributed by atoms with Crippen LogP contribution in [0.15, 0.2) is 47.6 Å². The van der Waals surface area contributed by atoms with Crippen molar-refractivity contribution >= 4 is 40.9 Å². The van der Waals surface area contributed by atoms with E-state index >= 15 is 0 Å². The first-order valence-corrected chi connectivity index (χ1v) is 21.6. The lowest BCUT2D eigenvalue weighted by Gasteiger charge is -2.72. The highest BCUT2D eigenvalue weighted by molar-refractivity contribution is 6.30. The van der Waals surface area contributed by atoms with Gasteiger partial charge in [0.15, 0.2) is 5.78 Å². The fourth-order valence-electron chi connectivity index (χ4n) is 13.0. The van der Waals surface area contributed by atoms with E-state index in [1.807, 2.05) is 20.8 Å². The quantitative estimate of drug-likeness (QED) is 0.208. The molecule has 0 saturated heterocycles. The average molecular weight is 791 g/mol. The van der Waals surface area contributed by atoms with Crippen LogP contribution in [0, 0.1) is 56.2 Å². The van der Waals surface area contributed by atoms with E-state index in [-0.39, 0.29) is 69.6 Å². The molecule has 0 spiro atoms. The predicted octanol–water partition coefficient (Wildman–Crippen LogP) is 11.5. The largest absolute Gasteiger partial charge is 0.462 e. The summed E-state index contributed by atoms with van der Waals surface area (Å²) in [5.74, 6) is 0.578. The van der Waals surface area contributed by atoms with Crippen molar-refractivity contribution in [3.63, 3.8) is 0 Å². The molecule has 6 rings (SSSR count). The molecule has 1 aromatic rings. The molecule has 56 heavy (non-hydrogen) atoms. The Labute approximate surface area is 341 Å². The molecule has 1 aromatic carbocycles. The zero-order chi connectivity index (χ0) is 41.4. The zero-order valence-electron chi connectivity index (χ0n) is 36.2. The first-order valence-electron chi connectivity index (χ1n) is 21.3. The van der Waals surface area contributed by atoms with Crippen molar-refractivity contribution in [1.82, 2.24) is 0 Å². The molecule has 7 nitrogen and oxygen atoms in total. The Kier molecular flexibility index (Phi) is 11.0. The fourth-order valence-corrected chi connectivity index (χ4v) is 13.2. The maximum atomic E-state index is 14.0. The molecule has 5 aliphatic carbocycles. The van der Waals surface area contributed by atoms with E-state index in [2.05, 4.69) is 59.9 Å². The number of carbonyl (C=O) groups excluding carboxylic acids is 4. The van der Waals surface area contributed by atoms with Gasteiger partial charge in [0.1, 0.15) is 11.7 Å². The van der Waals surface area contributed by atoms with E-state index in [4.69, 9.17) is 21.1 Å². The maximum Gasteiger partial charge on any atom is 0.312 e. The molecule has 0 radical (unpaired) electrons. The van der Waals surface area contributed by atoms with Gasteiger partial charge in [0, 0.05) is 34.0 Å². The number of halogens is 1. The second-order valence-corrected chi connectivity index (χ2v) is 22.0. The molecule has 8 heteroatoms. The second-order valence-electron chi connectivity index (χ2n) is 21.6. The molecule has 1 amide bonds. The van der Waals surface area contributed by atoms with Gasteiger partial charge in [-0.2, -0.15) is 0 Å². The lowest BCUT2D eigenvalue weighted by Crippen LogP contribution is -2.65. The van der Waals surface area contributed by atoms with E-state index in [0.29, 0.717) is 29.0 Å². The zero-order valence-corrected chi connectivity index (χ0v) is 37.0. The second kappa shape index (κ2) is 14.4. The Bertz CT molecular complexity index is 1820. The van der Waals surface area contributed by atoms with Gasteiger partial charge in [0.05, 0.1) is 11.8 Å². The van der Waals surface area contributed by atoms with Crippen LogP contribution in [0.4, 0.5) is 5.69 Å². The molecule has 5 aliphatic rings. The maximum absolute atomic E-state index is 14.0. The van der Waals surface area contributed by atoms with Gasteiger partial charge >= 0.3 is 11.9 Å². The van der Waals surface area contributed by atoms with Gasteiger partial charge < -0.3 is 14.8 Å². The summed E-state index contributed by atoms with van der Waals surface area (Å²) in [5.41, 5.74) is 0.843. The topological polar surface area (TPSA) is 98.8 Å². The van der Waals surface area contributed by atoms with Crippen LogP contribution in [-0.4, -0.2) is 35.3 Å². The number of benzene rings is 1. The summed E-state index contributed by atoms with van der Waals surface area (Å²) < 4.78 is 12.0. The summed E-state index contributed by atoms with van der Waals surface area (Å²) in [4.78, 5) is 53.7. The molecular formula is C48H68ClNO6. The van der Waals surface area contributed by atoms with Gasteiger partial charge in [-0.3, -0.25) is 19.2 Å². The summed E-state index contributed by atoms with van der Waals surface area (Å²) in [6.07, 6.45) is 11.9. The van der Waals surface area contributed by atoms with Gasteiger partial charge in [-0.1, -0.05) is 66.1 Å². The van der Waals surface area contributed by atoms with Crippen molar-refractivity contribution in [1.29, 1.82) is 0 Å². The molecule has 0 bridgehead atoms. The lowest BCUT2D eigenvalue weighted by molar-refractivity contribution is -0.232. The summed E-state index contributed by atoms with van der Waals surface area (Å²) in [6, 6.07) is 7.11. The number of esters is 2. The van der Waals surface area contributed by atoms with Crippen molar-refractivity contribution in [2.24, 2.45) is 56.2 Å². The third-order valence-corrected chi connectivity index (χ3v) is 16.2. The minimum atomic E-state index is -0.982. The summed E-state index contributed by atoms with van der Waals surface area (Å²) in [6.45, 7) is 25.6. The molecular weight excluding hydrogens is 722 g/mol. The average Bonchev–Trinajstić information content (AvgIpc) is 3.38. The number of rotatable bonds is 8. The highest BCUT2D eigenvalue weighted by atomic mass is 35.5. The van der Waals surface area contributed by atoms with Gasteiger partial charge in [0.2, 0.25) is 5.91 Å². The van der Waals surface area contributed by atoms with Crippen LogP contribution in [0.3, 0.4) is 0 Å². The van der Waals surface area contributed by atoms with Crippen LogP contribution < -0.4 is 5.32 Å². The highest BCUT2D eigenvalue weighted by Crippen LogP contribution is 2.77. The van der Waals surface area contributed by atoms with Gasteiger partial charge in [-0.05, 0) is 161 Å². The molecule has 0 aromatic heterocycles. The number of carbonyl (C=O) groups is 4. The number of ether oxygens (including phenoxy) is 2. The van der Waals surface area contributed by atoms with Crippen molar-refractivity contribution in [2.45, 2.75) is 159 Å². The van der Waals surface area contributed by atoms with Crippen LogP contribution >= 0.6 is 11.6 Å². The van der Waals surface area contributed by atoms with E-state index in [0.717, 1.165) is 56.9 Å². The standard InChI is InChI=1S/C48H68ClNO6/c1-29(2)39-33(51)27-48(24-21-37(52)50-31-15-13-30(49)14-16-31)26-25-46(11)32(40(39)48)17-18-35-45(10)22-20-36(44(8,9)34(45)19-23-47(35,46)12)55-38(53)28-43(6,7)41(54)56-42(3,4)5/h13-16,21,24,29,32,34-36H,17-20,22-23,25-28H2,1-12H3,(H,50,52)/b24-21+/t32-,34+,35-,36+,45+,46-,47-,48+/m1/s1. The lowest BCUT2D eigenvalue weighted by atomic mass is 9.33. The van der Waals surface area contributed by atoms with E-state index in [1.54, 1.807) is 44.2 Å². The van der Waals surface area contributed by atoms with Crippen molar-refractivity contribution in [3.05, 3.63) is 52.6 Å². The monoisotopic (exact) mass is 789 g/mol. The molecule has 4 saturated carbocycles. The van der Waals surface area contributed by atoms with E-state index in [1.165, 1.54) is 5.57 Å². The summed E-state index contributed by atoms with van der Waals surface area (Å²) >= 11 is 6.07. The molecule has 0 unspecified atom stereocenters. The van der Waals surface area contributed by atoms with E-state index < -0.39 is 16.4 Å². The highest BCUT2D eigenvalue weighted by Gasteiger charge is 2.70. The Hall–Kier alpha value is -2.93. The van der Waals surface area contributed by atoms with Gasteiger partial charge in [0.25, 0.3) is 0 Å². The number of anilines is 1. The number of fused-ring (bicyclic) bond motifs is 7. The number of hydrogen-bond donors (Lipinski definition) is 1. The first kappa shape index (κ1) is 42.7. The Morgan fingerprint density at radius 3 is 2.16 bits per heavy atom. The summed E-state index contributed by atoms with van der Waals surface area (Å²) in [5, 5.41) is 3.59. The Morgan fingerprint density at radius 1 is 0.875 bits per heavy atom. The Balaban J connectivity index is 1.24. The first-order chi connectivity index (χ1) is 25.8. The molecule has 308 valence electrons. The van der Waals surface area contributed by atoms with Crippen LogP contribution in [-0.2, 0) is 28.7 Å². The minimum Gasteiger partial charge on any atom is -0.462 e. The van der Waals surface area contributed by atoms with Gasteiger partial charge in [-0.15, -0.1) is 0 Å². The van der Waals surface area contributed by atoms with Gasteiger partial charge in [-0.25, -0.2) is 0 Å². The number of ketones is 1. The van der Waals surface area contributed by atoms with E-state index in [9.17, 15) is 19.2 Å². The molecule has 4 fully saturated rings. The Morgan fingerprint density at radius 2 is 1.54 bits per heavy atom. The number of amides is 1. The third-order valence-electron chi connectivity index (χ3n) is 15.9. The number of nitrogens with one attached hydrogen (secondary N) is 1. The fraction of sp³-hybridized carbons (Fsp3) is 0.708. The third kappa shape index (κ3) is 7.23. The number of allylic oxidation sites excluding steroid dienone is 3. The molecule has 0 heterocycles. The SMILES string of the molecule is CC(C)C1=C2[C@H]3CC[C@@H]4[C@@]5(C)CC[C@H](OC(=O)CC(C)(C)C(=O)OC(C)(C)C)C(C)(C)[C@@H]5CC[C@@]4(C)[C@]3(C)CC[C@@]2(/C=C/C(=O)Nc2ccc(Cl)cc2)CC1=O. The van der Waals surface area contributed by atoms with Crippen molar-refractivity contribution < 1.29 is 28.7 Å². The molecule has 0 aliphatic heterocycles. The predicted molar refractivity (Wildman–Crippen MR) is 223 cm³/mol. The normalized spacial score (nSPS) is 35.4. The smallest absolute Gasteiger partial charge is 0.312 e. The van der Waals surface area contributed by atoms with Crippen LogP contribution in [0.1, 0.15) is 147 Å². The minimum absolute atomic E-state index is 0.00635. The molecule has 1 N–H and O–H groups in total. The van der Waals surface area contributed by atoms with Crippen LogP contribution in [0.5, 0.6) is 0 Å². The van der Waals surface area contributed by atoms with Crippen LogP contribution in [0.25, 0.3) is 0 Å². The van der Waals surface area contributed by atoms with Crippen LogP contribution in [0.2, 0.25) is 5.02 Å². The number of hydrogen-bond acceptors (Lipinski definition) is 6. The van der Waals surface area contributed by atoms with Crippen molar-refractivity contribution in [3.8, 4) is 0 Å². The number of Topliss-reactive ketones (excluding diaryl/α,β-unsaturated/α-hetero) is 1. The summed E-state index contributed by atoms with van der Waals surface area (Å²) in [7, 11) is 0. The molecule has 8 atom stereocenters.